The lowest BCUT2D eigenvalue weighted by molar-refractivity contribution is 0.616. The quantitative estimate of drug-likeness (QED) is 0.683. The summed E-state index contributed by atoms with van der Waals surface area (Å²) >= 11 is 0. The van der Waals surface area contributed by atoms with E-state index in [0.29, 0.717) is 0 Å². The van der Waals surface area contributed by atoms with Gasteiger partial charge in [0, 0.05) is 32.5 Å². The Morgan fingerprint density at radius 2 is 2.25 bits per heavy atom. The molecule has 0 radical (unpaired) electrons. The van der Waals surface area contributed by atoms with E-state index in [4.69, 9.17) is 0 Å². The van der Waals surface area contributed by atoms with Gasteiger partial charge in [-0.05, 0) is 26.4 Å². The first-order valence-electron chi connectivity index (χ1n) is 6.16. The minimum absolute atomic E-state index is 1.05. The third-order valence-corrected chi connectivity index (χ3v) is 2.71. The number of aromatic nitrogens is 2. The Bertz CT molecular complexity index is 282. The van der Waals surface area contributed by atoms with E-state index in [1.807, 2.05) is 13.2 Å². The van der Waals surface area contributed by atoms with E-state index in [-0.39, 0.29) is 0 Å². The molecule has 0 saturated carbocycles. The first-order valence-corrected chi connectivity index (χ1v) is 6.16. The minimum atomic E-state index is 1.05. The number of anilines is 1. The van der Waals surface area contributed by atoms with Gasteiger partial charge in [-0.3, -0.25) is 0 Å². The van der Waals surface area contributed by atoms with Gasteiger partial charge in [-0.25, -0.2) is 4.98 Å². The van der Waals surface area contributed by atoms with Crippen molar-refractivity contribution in [3.05, 3.63) is 12.4 Å². The molecule has 0 aromatic carbocycles. The summed E-state index contributed by atoms with van der Waals surface area (Å²) in [4.78, 5) is 6.65. The van der Waals surface area contributed by atoms with Crippen LogP contribution in [0.3, 0.4) is 0 Å². The predicted octanol–water partition coefficient (Wildman–Crippen LogP) is 1.73. The molecule has 4 heteroatoms. The van der Waals surface area contributed by atoms with Gasteiger partial charge >= 0.3 is 0 Å². The third kappa shape index (κ3) is 3.85. The highest BCUT2D eigenvalue weighted by molar-refractivity contribution is 5.29. The van der Waals surface area contributed by atoms with Crippen molar-refractivity contribution in [3.8, 4) is 0 Å². The summed E-state index contributed by atoms with van der Waals surface area (Å²) in [5.41, 5.74) is 0. The van der Waals surface area contributed by atoms with Crippen LogP contribution in [-0.2, 0) is 6.54 Å². The molecule has 1 aromatic rings. The van der Waals surface area contributed by atoms with Crippen LogP contribution in [0.1, 0.15) is 26.2 Å². The van der Waals surface area contributed by atoms with Crippen LogP contribution < -0.4 is 10.2 Å². The number of imidazole rings is 1. The average molecular weight is 224 g/mol. The molecule has 0 bridgehead atoms. The fraction of sp³-hybridized carbons (Fsp3) is 0.750. The molecule has 1 N–H and O–H groups in total. The number of hydrogen-bond donors (Lipinski definition) is 1. The Labute approximate surface area is 98.7 Å². The lowest BCUT2D eigenvalue weighted by atomic mass is 10.3. The van der Waals surface area contributed by atoms with Crippen molar-refractivity contribution >= 4 is 5.95 Å². The van der Waals surface area contributed by atoms with Crippen molar-refractivity contribution in [2.75, 3.05) is 32.1 Å². The SMILES string of the molecule is CCCCn1ccnc1N(C)CCCNC. The maximum atomic E-state index is 4.42. The Morgan fingerprint density at radius 1 is 1.44 bits per heavy atom. The van der Waals surface area contributed by atoms with E-state index in [0.717, 1.165) is 32.0 Å². The second-order valence-electron chi connectivity index (χ2n) is 4.15. The fourth-order valence-corrected chi connectivity index (χ4v) is 1.74. The second-order valence-corrected chi connectivity index (χ2v) is 4.15. The zero-order valence-electron chi connectivity index (χ0n) is 10.7. The highest BCUT2D eigenvalue weighted by atomic mass is 15.3. The normalized spacial score (nSPS) is 10.7. The molecule has 92 valence electrons. The molecule has 0 unspecified atom stereocenters. The topological polar surface area (TPSA) is 33.1 Å². The molecule has 0 aliphatic rings. The number of rotatable bonds is 8. The minimum Gasteiger partial charge on any atom is -0.345 e. The van der Waals surface area contributed by atoms with Crippen LogP contribution in [0.2, 0.25) is 0 Å². The molecule has 1 heterocycles. The Kier molecular flexibility index (Phi) is 5.93. The first kappa shape index (κ1) is 13.0. The summed E-state index contributed by atoms with van der Waals surface area (Å²) in [6.45, 7) is 5.39. The van der Waals surface area contributed by atoms with Crippen molar-refractivity contribution in [2.24, 2.45) is 0 Å². The van der Waals surface area contributed by atoms with Gasteiger partial charge in [0.25, 0.3) is 0 Å². The summed E-state index contributed by atoms with van der Waals surface area (Å²) in [5.74, 6) is 1.09. The Balaban J connectivity index is 2.46. The molecular formula is C12H24N4. The molecule has 4 nitrogen and oxygen atoms in total. The zero-order valence-corrected chi connectivity index (χ0v) is 10.7. The van der Waals surface area contributed by atoms with Gasteiger partial charge in [0.15, 0.2) is 0 Å². The van der Waals surface area contributed by atoms with Gasteiger partial charge < -0.3 is 14.8 Å². The molecular weight excluding hydrogens is 200 g/mol. The molecule has 0 spiro atoms. The third-order valence-electron chi connectivity index (χ3n) is 2.71. The van der Waals surface area contributed by atoms with E-state index in [9.17, 15) is 0 Å². The van der Waals surface area contributed by atoms with Crippen LogP contribution >= 0.6 is 0 Å². The van der Waals surface area contributed by atoms with Gasteiger partial charge in [0.05, 0.1) is 0 Å². The van der Waals surface area contributed by atoms with Crippen molar-refractivity contribution < 1.29 is 0 Å². The number of aryl methyl sites for hydroxylation is 1. The van der Waals surface area contributed by atoms with Gasteiger partial charge in [0.2, 0.25) is 5.95 Å². The lowest BCUT2D eigenvalue weighted by Crippen LogP contribution is -2.25. The summed E-state index contributed by atoms with van der Waals surface area (Å²) in [7, 11) is 4.10. The van der Waals surface area contributed by atoms with Gasteiger partial charge in [0.1, 0.15) is 0 Å². The molecule has 1 aromatic heterocycles. The van der Waals surface area contributed by atoms with Crippen LogP contribution in [0.4, 0.5) is 5.95 Å². The average Bonchev–Trinajstić information content (AvgIpc) is 2.74. The van der Waals surface area contributed by atoms with Crippen LogP contribution in [0.15, 0.2) is 12.4 Å². The molecule has 0 amide bonds. The maximum absolute atomic E-state index is 4.42. The van der Waals surface area contributed by atoms with Crippen molar-refractivity contribution in [1.29, 1.82) is 0 Å². The van der Waals surface area contributed by atoms with E-state index in [1.165, 1.54) is 12.8 Å². The van der Waals surface area contributed by atoms with Crippen LogP contribution in [0, 0.1) is 0 Å². The summed E-state index contributed by atoms with van der Waals surface area (Å²) in [5, 5.41) is 3.16. The van der Waals surface area contributed by atoms with E-state index in [2.05, 4.69) is 39.9 Å². The second kappa shape index (κ2) is 7.28. The molecule has 0 aliphatic heterocycles. The summed E-state index contributed by atoms with van der Waals surface area (Å²) in [6.07, 6.45) is 7.54. The highest BCUT2D eigenvalue weighted by Crippen LogP contribution is 2.11. The first-order chi connectivity index (χ1) is 7.79. The highest BCUT2D eigenvalue weighted by Gasteiger charge is 2.07. The molecule has 0 fully saturated rings. The van der Waals surface area contributed by atoms with Crippen molar-refractivity contribution in [2.45, 2.75) is 32.7 Å². The molecule has 1 rings (SSSR count). The maximum Gasteiger partial charge on any atom is 0.205 e. The Hall–Kier alpha value is -1.03. The fourth-order valence-electron chi connectivity index (χ4n) is 1.74. The smallest absolute Gasteiger partial charge is 0.205 e. The van der Waals surface area contributed by atoms with Crippen LogP contribution in [0.5, 0.6) is 0 Å². The van der Waals surface area contributed by atoms with Gasteiger partial charge in [-0.2, -0.15) is 0 Å². The molecule has 16 heavy (non-hydrogen) atoms. The number of hydrogen-bond acceptors (Lipinski definition) is 3. The molecule has 0 aliphatic carbocycles. The molecule has 0 saturated heterocycles. The Morgan fingerprint density at radius 3 is 2.94 bits per heavy atom. The molecule has 0 atom stereocenters. The summed E-state index contributed by atoms with van der Waals surface area (Å²) in [6, 6.07) is 0. The van der Waals surface area contributed by atoms with E-state index in [1.54, 1.807) is 0 Å². The predicted molar refractivity (Wildman–Crippen MR) is 68.9 cm³/mol. The standard InChI is InChI=1S/C12H24N4/c1-4-5-10-16-11-8-14-12(16)15(3)9-6-7-13-2/h8,11,13H,4-7,9-10H2,1-3H3. The van der Waals surface area contributed by atoms with E-state index >= 15 is 0 Å². The van der Waals surface area contributed by atoms with Gasteiger partial charge in [-0.1, -0.05) is 13.3 Å². The van der Waals surface area contributed by atoms with E-state index < -0.39 is 0 Å². The largest absolute Gasteiger partial charge is 0.345 e. The van der Waals surface area contributed by atoms with Crippen molar-refractivity contribution in [1.82, 2.24) is 14.9 Å². The van der Waals surface area contributed by atoms with Crippen LogP contribution in [-0.4, -0.2) is 36.7 Å². The number of nitrogens with zero attached hydrogens (tertiary/aromatic N) is 3. The number of unbranched alkanes of at least 4 members (excludes halogenated alkanes) is 1. The van der Waals surface area contributed by atoms with Crippen molar-refractivity contribution in [3.63, 3.8) is 0 Å². The number of nitrogens with one attached hydrogen (secondary N) is 1. The van der Waals surface area contributed by atoms with Gasteiger partial charge in [-0.15, -0.1) is 0 Å². The van der Waals surface area contributed by atoms with Crippen LogP contribution in [0.25, 0.3) is 0 Å². The monoisotopic (exact) mass is 224 g/mol. The lowest BCUT2D eigenvalue weighted by Gasteiger charge is -2.19. The zero-order chi connectivity index (χ0) is 11.8. The summed E-state index contributed by atoms with van der Waals surface area (Å²) < 4.78 is 2.24.